The zero-order chi connectivity index (χ0) is 38.4. The Morgan fingerprint density at radius 1 is 0.276 bits per heavy atom. The quantitative estimate of drug-likeness (QED) is 0.161. The Balaban J connectivity index is 0.972. The molecule has 0 aromatic heterocycles. The van der Waals surface area contributed by atoms with Crippen LogP contribution in [0.1, 0.15) is 0 Å². The highest BCUT2D eigenvalue weighted by molar-refractivity contribution is 6.15. The Kier molecular flexibility index (Phi) is 8.19. The minimum atomic E-state index is 1.10. The molecule has 0 amide bonds. The molecule has 1 aliphatic heterocycles. The molecule has 0 atom stereocenters. The highest BCUT2D eigenvalue weighted by atomic mass is 15.2. The Morgan fingerprint density at radius 2 is 0.759 bits per heavy atom. The Bertz CT molecular complexity index is 3010. The molecule has 0 fully saturated rings. The fraction of sp³-hybridized carbons (Fsp3) is 0. The van der Waals surface area contributed by atoms with Crippen molar-refractivity contribution in [3.05, 3.63) is 231 Å². The van der Waals surface area contributed by atoms with Gasteiger partial charge in [0.1, 0.15) is 0 Å². The van der Waals surface area contributed by atoms with Gasteiger partial charge < -0.3 is 9.80 Å². The summed E-state index contributed by atoms with van der Waals surface area (Å²) in [6.45, 7) is 0. The summed E-state index contributed by atoms with van der Waals surface area (Å²) in [6.07, 6.45) is 0. The first-order valence-electron chi connectivity index (χ1n) is 19.9. The number of anilines is 6. The Labute approximate surface area is 339 Å². The van der Waals surface area contributed by atoms with Crippen molar-refractivity contribution in [2.24, 2.45) is 0 Å². The van der Waals surface area contributed by atoms with Crippen molar-refractivity contribution < 1.29 is 0 Å². The van der Waals surface area contributed by atoms with Gasteiger partial charge in [-0.1, -0.05) is 164 Å². The lowest BCUT2D eigenvalue weighted by Gasteiger charge is -2.34. The Hall–Kier alpha value is -7.68. The third kappa shape index (κ3) is 5.91. The van der Waals surface area contributed by atoms with Gasteiger partial charge in [-0.15, -0.1) is 0 Å². The minimum absolute atomic E-state index is 1.10. The maximum Gasteiger partial charge on any atom is 0.0546 e. The van der Waals surface area contributed by atoms with Crippen LogP contribution in [-0.2, 0) is 0 Å². The maximum atomic E-state index is 2.44. The van der Waals surface area contributed by atoms with E-state index in [4.69, 9.17) is 0 Å². The zero-order valence-corrected chi connectivity index (χ0v) is 31.8. The van der Waals surface area contributed by atoms with Gasteiger partial charge in [-0.05, 0) is 122 Å². The first-order chi connectivity index (χ1) is 28.7. The van der Waals surface area contributed by atoms with Gasteiger partial charge in [-0.3, -0.25) is 0 Å². The van der Waals surface area contributed by atoms with Crippen molar-refractivity contribution in [3.63, 3.8) is 0 Å². The molecular weight excluding hydrogens is 701 g/mol. The van der Waals surface area contributed by atoms with Gasteiger partial charge in [0.25, 0.3) is 0 Å². The molecule has 0 spiro atoms. The summed E-state index contributed by atoms with van der Waals surface area (Å²) in [6, 6.07) is 83.6. The van der Waals surface area contributed by atoms with Gasteiger partial charge >= 0.3 is 0 Å². The van der Waals surface area contributed by atoms with E-state index in [1.165, 1.54) is 77.4 Å². The zero-order valence-electron chi connectivity index (χ0n) is 31.8. The van der Waals surface area contributed by atoms with Crippen LogP contribution in [0.25, 0.3) is 66.1 Å². The molecule has 0 saturated carbocycles. The van der Waals surface area contributed by atoms with Crippen LogP contribution in [0.4, 0.5) is 34.1 Å². The lowest BCUT2D eigenvalue weighted by atomic mass is 9.89. The third-order valence-corrected chi connectivity index (χ3v) is 11.5. The van der Waals surface area contributed by atoms with E-state index in [1.54, 1.807) is 0 Å². The molecule has 0 N–H and O–H groups in total. The molecule has 10 aromatic rings. The highest BCUT2D eigenvalue weighted by Gasteiger charge is 2.26. The van der Waals surface area contributed by atoms with Crippen molar-refractivity contribution in [1.29, 1.82) is 0 Å². The molecule has 0 saturated heterocycles. The first-order valence-corrected chi connectivity index (χ1v) is 19.9. The average Bonchev–Trinajstić information content (AvgIpc) is 3.30. The van der Waals surface area contributed by atoms with Crippen molar-refractivity contribution >= 4 is 55.7 Å². The lowest BCUT2D eigenvalue weighted by Crippen LogP contribution is -2.15. The molecule has 2 nitrogen and oxygen atoms in total. The van der Waals surface area contributed by atoms with E-state index in [0.717, 1.165) is 22.7 Å². The maximum absolute atomic E-state index is 2.44. The largest absolute Gasteiger partial charge is 0.310 e. The topological polar surface area (TPSA) is 6.48 Å². The van der Waals surface area contributed by atoms with Crippen LogP contribution in [0.2, 0.25) is 0 Å². The summed E-state index contributed by atoms with van der Waals surface area (Å²) in [5.41, 5.74) is 16.5. The number of hydrogen-bond donors (Lipinski definition) is 0. The number of benzene rings is 10. The van der Waals surface area contributed by atoms with Crippen LogP contribution in [0.3, 0.4) is 0 Å². The number of hydrogen-bond acceptors (Lipinski definition) is 2. The molecular formula is C56H38N2. The molecule has 2 heteroatoms. The lowest BCUT2D eigenvalue weighted by molar-refractivity contribution is 1.28. The number of nitrogens with zero attached hydrogens (tertiary/aromatic N) is 2. The van der Waals surface area contributed by atoms with Crippen molar-refractivity contribution in [2.45, 2.75) is 0 Å². The first kappa shape index (κ1) is 33.6. The van der Waals surface area contributed by atoms with Crippen LogP contribution < -0.4 is 9.80 Å². The molecule has 58 heavy (non-hydrogen) atoms. The van der Waals surface area contributed by atoms with E-state index in [2.05, 4.69) is 240 Å². The molecule has 0 radical (unpaired) electrons. The van der Waals surface area contributed by atoms with Crippen molar-refractivity contribution in [1.82, 2.24) is 0 Å². The van der Waals surface area contributed by atoms with Gasteiger partial charge in [0.2, 0.25) is 0 Å². The van der Waals surface area contributed by atoms with Crippen molar-refractivity contribution in [2.75, 3.05) is 9.80 Å². The predicted molar refractivity (Wildman–Crippen MR) is 246 cm³/mol. The smallest absolute Gasteiger partial charge is 0.0546 e. The highest BCUT2D eigenvalue weighted by Crippen LogP contribution is 2.52. The van der Waals surface area contributed by atoms with Crippen LogP contribution in [-0.4, -0.2) is 0 Å². The number of rotatable bonds is 7. The van der Waals surface area contributed by atoms with E-state index in [9.17, 15) is 0 Å². The SMILES string of the molecule is c1ccc(-c2cccc(N(c3ccc(-c4ccc(N5c6cc7ccccc7cc6-c6cccc7cccc5c67)cc4)cc3)c3cccc(-c4ccccc4)c3)c2)cc1. The molecule has 1 aliphatic rings. The summed E-state index contributed by atoms with van der Waals surface area (Å²) >= 11 is 0. The van der Waals surface area contributed by atoms with Gasteiger partial charge in [0, 0.05) is 33.7 Å². The van der Waals surface area contributed by atoms with E-state index in [-0.39, 0.29) is 0 Å². The molecule has 1 heterocycles. The second-order valence-corrected chi connectivity index (χ2v) is 15.0. The van der Waals surface area contributed by atoms with Crippen molar-refractivity contribution in [3.8, 4) is 44.5 Å². The van der Waals surface area contributed by atoms with Gasteiger partial charge in [0.15, 0.2) is 0 Å². The molecule has 0 bridgehead atoms. The fourth-order valence-electron chi connectivity index (χ4n) is 8.73. The standard InChI is InChI=1S/C56H38N2/c1-3-13-39(14-4-1)44-21-9-23-50(35-44)57(51-24-10-22-45(36-51)40-15-5-2-6-16-40)48-31-27-41(28-32-48)42-29-33-49(34-30-42)58-54-26-12-20-43-19-11-25-52(56(43)54)53-37-46-17-7-8-18-47(46)38-55(53)58/h1-38H. The third-order valence-electron chi connectivity index (χ3n) is 11.5. The summed E-state index contributed by atoms with van der Waals surface area (Å²) in [4.78, 5) is 4.80. The van der Waals surface area contributed by atoms with Crippen LogP contribution >= 0.6 is 0 Å². The van der Waals surface area contributed by atoms with Crippen LogP contribution in [0.5, 0.6) is 0 Å². The monoisotopic (exact) mass is 738 g/mol. The Morgan fingerprint density at radius 3 is 1.38 bits per heavy atom. The average molecular weight is 739 g/mol. The van der Waals surface area contributed by atoms with Gasteiger partial charge in [0.05, 0.1) is 11.4 Å². The second-order valence-electron chi connectivity index (χ2n) is 15.0. The van der Waals surface area contributed by atoms with E-state index in [1.807, 2.05) is 0 Å². The molecule has 11 rings (SSSR count). The normalized spacial score (nSPS) is 11.8. The molecule has 10 aromatic carbocycles. The second kappa shape index (κ2) is 14.1. The van der Waals surface area contributed by atoms with E-state index < -0.39 is 0 Å². The minimum Gasteiger partial charge on any atom is -0.310 e. The fourth-order valence-corrected chi connectivity index (χ4v) is 8.73. The summed E-state index contributed by atoms with van der Waals surface area (Å²) in [5, 5.41) is 5.04. The van der Waals surface area contributed by atoms with E-state index in [0.29, 0.717) is 0 Å². The number of fused-ring (bicyclic) bond motifs is 3. The summed E-state index contributed by atoms with van der Waals surface area (Å²) in [7, 11) is 0. The van der Waals surface area contributed by atoms with Crippen LogP contribution in [0, 0.1) is 0 Å². The molecule has 0 unspecified atom stereocenters. The summed E-state index contributed by atoms with van der Waals surface area (Å²) in [5.74, 6) is 0. The van der Waals surface area contributed by atoms with E-state index >= 15 is 0 Å². The molecule has 0 aliphatic carbocycles. The molecule has 272 valence electrons. The van der Waals surface area contributed by atoms with Gasteiger partial charge in [-0.2, -0.15) is 0 Å². The summed E-state index contributed by atoms with van der Waals surface area (Å²) < 4.78 is 0. The predicted octanol–water partition coefficient (Wildman–Crippen LogP) is 15.9. The van der Waals surface area contributed by atoms with Gasteiger partial charge in [-0.25, -0.2) is 0 Å². The van der Waals surface area contributed by atoms with Crippen LogP contribution in [0.15, 0.2) is 231 Å².